The van der Waals surface area contributed by atoms with E-state index in [-0.39, 0.29) is 35.3 Å². The Morgan fingerprint density at radius 3 is 2.50 bits per heavy atom. The number of hydrogen-bond acceptors (Lipinski definition) is 4. The molecule has 8 heteroatoms. The van der Waals surface area contributed by atoms with E-state index in [1.54, 1.807) is 0 Å². The molecule has 160 valence electrons. The van der Waals surface area contributed by atoms with Crippen LogP contribution in [0.2, 0.25) is 0 Å². The first-order valence-electron chi connectivity index (χ1n) is 10.7. The third-order valence-corrected chi connectivity index (χ3v) is 6.67. The lowest BCUT2D eigenvalue weighted by atomic mass is 9.57. The van der Waals surface area contributed by atoms with Gasteiger partial charge in [0.25, 0.3) is 0 Å². The van der Waals surface area contributed by atoms with E-state index in [0.29, 0.717) is 30.7 Å². The maximum Gasteiger partial charge on any atom is 0.234 e. The highest BCUT2D eigenvalue weighted by Gasteiger charge is 2.59. The van der Waals surface area contributed by atoms with Crippen molar-refractivity contribution in [3.05, 3.63) is 0 Å². The maximum atomic E-state index is 12.0. The maximum absolute atomic E-state index is 12.0. The molecule has 3 atom stereocenters. The van der Waals surface area contributed by atoms with Gasteiger partial charge in [0.05, 0.1) is 12.6 Å². The summed E-state index contributed by atoms with van der Waals surface area (Å²) in [5.41, 5.74) is 0.151. The van der Waals surface area contributed by atoms with Gasteiger partial charge < -0.3 is 20.3 Å². The minimum atomic E-state index is 0. The number of amides is 1. The zero-order valence-electron chi connectivity index (χ0n) is 17.4. The van der Waals surface area contributed by atoms with Crippen LogP contribution >= 0.6 is 24.0 Å². The summed E-state index contributed by atoms with van der Waals surface area (Å²) < 4.78 is 5.93. The lowest BCUT2D eigenvalue weighted by molar-refractivity contribution is -0.122. The Balaban J connectivity index is 0.00000225. The molecule has 0 aromatic carbocycles. The van der Waals surface area contributed by atoms with E-state index in [0.717, 1.165) is 64.6 Å². The zero-order valence-corrected chi connectivity index (χ0v) is 19.8. The number of piperazine rings is 1. The van der Waals surface area contributed by atoms with Crippen LogP contribution in [0.1, 0.15) is 40.0 Å². The monoisotopic (exact) mass is 505 g/mol. The van der Waals surface area contributed by atoms with Crippen molar-refractivity contribution in [2.24, 2.45) is 16.3 Å². The number of aliphatic imine (C=N–C) groups is 1. The fourth-order valence-electron chi connectivity index (χ4n) is 4.96. The van der Waals surface area contributed by atoms with Crippen LogP contribution in [0.15, 0.2) is 4.99 Å². The first-order chi connectivity index (χ1) is 13.0. The number of nitrogens with one attached hydrogen (secondary N) is 2. The number of fused-ring (bicyclic) bond motifs is 1. The molecule has 2 N–H and O–H groups in total. The Kier molecular flexibility index (Phi) is 7.13. The molecule has 0 spiro atoms. The highest BCUT2D eigenvalue weighted by atomic mass is 127. The quantitative estimate of drug-likeness (QED) is 0.335. The molecule has 3 unspecified atom stereocenters. The van der Waals surface area contributed by atoms with Crippen molar-refractivity contribution < 1.29 is 9.53 Å². The Hall–Kier alpha value is -0.610. The van der Waals surface area contributed by atoms with Crippen LogP contribution < -0.4 is 10.6 Å². The fraction of sp³-hybridized carbons (Fsp3) is 0.900. The number of carbonyl (C=O) groups excluding carboxylic acids is 1. The van der Waals surface area contributed by atoms with E-state index in [4.69, 9.17) is 9.73 Å². The summed E-state index contributed by atoms with van der Waals surface area (Å²) in [4.78, 5) is 21.4. The number of guanidine groups is 1. The van der Waals surface area contributed by atoms with E-state index in [9.17, 15) is 4.79 Å². The summed E-state index contributed by atoms with van der Waals surface area (Å²) in [5.74, 6) is 1.81. The van der Waals surface area contributed by atoms with E-state index in [2.05, 4.69) is 41.2 Å². The van der Waals surface area contributed by atoms with Gasteiger partial charge in [-0.3, -0.25) is 14.7 Å². The van der Waals surface area contributed by atoms with Crippen molar-refractivity contribution in [2.45, 2.75) is 58.2 Å². The van der Waals surface area contributed by atoms with E-state index < -0.39 is 0 Å². The van der Waals surface area contributed by atoms with Crippen molar-refractivity contribution in [2.75, 3.05) is 45.9 Å². The molecular weight excluding hydrogens is 469 g/mol. The number of halogens is 1. The van der Waals surface area contributed by atoms with Gasteiger partial charge in [-0.25, -0.2) is 0 Å². The first kappa shape index (κ1) is 22.1. The summed E-state index contributed by atoms with van der Waals surface area (Å²) in [6.45, 7) is 12.5. The van der Waals surface area contributed by atoms with E-state index >= 15 is 0 Å². The van der Waals surface area contributed by atoms with Crippen molar-refractivity contribution in [3.63, 3.8) is 0 Å². The largest absolute Gasteiger partial charge is 0.377 e. The fourth-order valence-corrected chi connectivity index (χ4v) is 4.96. The second-order valence-electron chi connectivity index (χ2n) is 9.09. The van der Waals surface area contributed by atoms with Crippen molar-refractivity contribution >= 4 is 35.8 Å². The van der Waals surface area contributed by atoms with Gasteiger partial charge in [0.15, 0.2) is 5.96 Å². The standard InChI is InChI=1S/C20H35N5O2.HI/c1-4-21-19(23-17-15-7-12-27-18(15)20(17,2)3)25-10-8-24(9-11-25)13-16(26)22-14-5-6-14;/h14-15,17-18H,4-13H2,1-3H3,(H,21,23)(H,22,26);1H. The lowest BCUT2D eigenvalue weighted by Gasteiger charge is -2.55. The molecule has 2 aliphatic heterocycles. The normalized spacial score (nSPS) is 32.2. The smallest absolute Gasteiger partial charge is 0.234 e. The summed E-state index contributed by atoms with van der Waals surface area (Å²) >= 11 is 0. The van der Waals surface area contributed by atoms with Gasteiger partial charge in [-0.15, -0.1) is 24.0 Å². The number of carbonyl (C=O) groups is 1. The molecule has 4 aliphatic rings. The lowest BCUT2D eigenvalue weighted by Crippen LogP contribution is -2.68. The van der Waals surface area contributed by atoms with Crippen molar-refractivity contribution in [1.29, 1.82) is 0 Å². The van der Waals surface area contributed by atoms with Crippen LogP contribution in [-0.2, 0) is 9.53 Å². The number of ether oxygens (including phenoxy) is 1. The number of nitrogens with zero attached hydrogens (tertiary/aromatic N) is 3. The Morgan fingerprint density at radius 2 is 1.86 bits per heavy atom. The van der Waals surface area contributed by atoms with Gasteiger partial charge in [-0.1, -0.05) is 13.8 Å². The molecule has 28 heavy (non-hydrogen) atoms. The third kappa shape index (κ3) is 4.59. The second-order valence-corrected chi connectivity index (χ2v) is 9.09. The summed E-state index contributed by atoms with van der Waals surface area (Å²) in [6, 6.07) is 0.873. The average Bonchev–Trinajstić information content (AvgIpc) is 3.32. The molecule has 4 fully saturated rings. The van der Waals surface area contributed by atoms with Crippen LogP contribution in [0.4, 0.5) is 0 Å². The second kappa shape index (κ2) is 9.04. The predicted octanol–water partition coefficient (Wildman–Crippen LogP) is 1.28. The van der Waals surface area contributed by atoms with Gasteiger partial charge in [0.1, 0.15) is 0 Å². The summed E-state index contributed by atoms with van der Waals surface area (Å²) in [6.07, 6.45) is 3.83. The topological polar surface area (TPSA) is 69.2 Å². The molecule has 2 saturated carbocycles. The molecule has 1 amide bonds. The predicted molar refractivity (Wildman–Crippen MR) is 121 cm³/mol. The number of hydrogen-bond donors (Lipinski definition) is 2. The van der Waals surface area contributed by atoms with Gasteiger partial charge >= 0.3 is 0 Å². The van der Waals surface area contributed by atoms with Crippen molar-refractivity contribution in [1.82, 2.24) is 20.4 Å². The molecule has 0 radical (unpaired) electrons. The molecule has 0 bridgehead atoms. The average molecular weight is 505 g/mol. The first-order valence-corrected chi connectivity index (χ1v) is 10.7. The van der Waals surface area contributed by atoms with E-state index in [1.807, 2.05) is 0 Å². The van der Waals surface area contributed by atoms with Crippen LogP contribution in [0, 0.1) is 11.3 Å². The minimum absolute atomic E-state index is 0. The van der Waals surface area contributed by atoms with Crippen LogP contribution in [0.25, 0.3) is 0 Å². The van der Waals surface area contributed by atoms with Gasteiger partial charge in [-0.05, 0) is 26.2 Å². The molecule has 2 aliphatic carbocycles. The van der Waals surface area contributed by atoms with Crippen LogP contribution in [-0.4, -0.2) is 85.7 Å². The Labute approximate surface area is 186 Å². The molecule has 2 heterocycles. The van der Waals surface area contributed by atoms with Crippen LogP contribution in [0.3, 0.4) is 0 Å². The minimum Gasteiger partial charge on any atom is -0.377 e. The van der Waals surface area contributed by atoms with Gasteiger partial charge in [-0.2, -0.15) is 0 Å². The third-order valence-electron chi connectivity index (χ3n) is 6.67. The van der Waals surface area contributed by atoms with Crippen LogP contribution in [0.5, 0.6) is 0 Å². The molecule has 2 saturated heterocycles. The molecule has 0 aromatic rings. The highest BCUT2D eigenvalue weighted by Crippen LogP contribution is 2.52. The van der Waals surface area contributed by atoms with Gasteiger partial charge in [0.2, 0.25) is 5.91 Å². The Morgan fingerprint density at radius 1 is 1.14 bits per heavy atom. The van der Waals surface area contributed by atoms with E-state index in [1.165, 1.54) is 0 Å². The summed E-state index contributed by atoms with van der Waals surface area (Å²) in [5, 5.41) is 6.86. The molecule has 7 nitrogen and oxygen atoms in total. The van der Waals surface area contributed by atoms with Crippen molar-refractivity contribution in [3.8, 4) is 0 Å². The summed E-state index contributed by atoms with van der Waals surface area (Å²) in [7, 11) is 0. The molecule has 4 rings (SSSR count). The highest BCUT2D eigenvalue weighted by molar-refractivity contribution is 14.0. The van der Waals surface area contributed by atoms with Gasteiger partial charge in [0, 0.05) is 62.7 Å². The number of rotatable bonds is 5. The molecular formula is C20H36IN5O2. The zero-order chi connectivity index (χ0) is 19.0. The molecule has 0 aromatic heterocycles. The Bertz CT molecular complexity index is 587. The SMILES string of the molecule is CCN=C(NC1C2CCOC2C1(C)C)N1CCN(CC(=O)NC2CC2)CC1.I.